The van der Waals surface area contributed by atoms with Gasteiger partial charge in [0.05, 0.1) is 12.3 Å². The molecule has 0 fully saturated rings. The topological polar surface area (TPSA) is 41.6 Å². The van der Waals surface area contributed by atoms with Gasteiger partial charge in [-0.2, -0.15) is 0 Å². The summed E-state index contributed by atoms with van der Waals surface area (Å²) < 4.78 is 5.65. The van der Waals surface area contributed by atoms with Gasteiger partial charge in [0.2, 0.25) is 0 Å². The number of nitrogens with one attached hydrogen (secondary N) is 1. The lowest BCUT2D eigenvalue weighted by atomic mass is 10.1. The molecule has 0 atom stereocenters. The first-order valence-electron chi connectivity index (χ1n) is 6.86. The van der Waals surface area contributed by atoms with Gasteiger partial charge < -0.3 is 15.0 Å². The van der Waals surface area contributed by atoms with E-state index in [0.29, 0.717) is 17.9 Å². The second kappa shape index (κ2) is 7.13. The van der Waals surface area contributed by atoms with Crippen molar-refractivity contribution in [2.45, 2.75) is 13.5 Å². The summed E-state index contributed by atoms with van der Waals surface area (Å²) >= 11 is 1.71. The molecule has 2 rings (SSSR count). The van der Waals surface area contributed by atoms with Crippen molar-refractivity contribution in [3.63, 3.8) is 0 Å². The normalized spacial score (nSPS) is 10.2. The average Bonchev–Trinajstić information content (AvgIpc) is 2.98. The van der Waals surface area contributed by atoms with Crippen molar-refractivity contribution in [3.05, 3.63) is 46.2 Å². The summed E-state index contributed by atoms with van der Waals surface area (Å²) in [7, 11) is 3.48. The zero-order valence-electron chi connectivity index (χ0n) is 12.6. The summed E-state index contributed by atoms with van der Waals surface area (Å²) in [5, 5.41) is 5.41. The molecule has 5 heteroatoms. The number of amides is 1. The molecule has 0 aliphatic rings. The first-order valence-corrected chi connectivity index (χ1v) is 7.74. The quantitative estimate of drug-likeness (QED) is 0.888. The molecule has 1 aromatic carbocycles. The highest BCUT2D eigenvalue weighted by molar-refractivity contribution is 7.09. The van der Waals surface area contributed by atoms with Gasteiger partial charge in [-0.3, -0.25) is 4.79 Å². The smallest absolute Gasteiger partial charge is 0.253 e. The van der Waals surface area contributed by atoms with Gasteiger partial charge in [0, 0.05) is 31.1 Å². The van der Waals surface area contributed by atoms with Gasteiger partial charge in [-0.25, -0.2) is 0 Å². The van der Waals surface area contributed by atoms with E-state index < -0.39 is 0 Å². The lowest BCUT2D eigenvalue weighted by molar-refractivity contribution is 0.0827. The van der Waals surface area contributed by atoms with Crippen molar-refractivity contribution >= 4 is 22.9 Å². The average molecular weight is 304 g/mol. The van der Waals surface area contributed by atoms with E-state index in [1.807, 2.05) is 25.1 Å². The number of benzene rings is 1. The van der Waals surface area contributed by atoms with Crippen molar-refractivity contribution in [3.8, 4) is 5.75 Å². The summed E-state index contributed by atoms with van der Waals surface area (Å²) in [5.74, 6) is 0.683. The zero-order valence-corrected chi connectivity index (χ0v) is 13.4. The highest BCUT2D eigenvalue weighted by Crippen LogP contribution is 2.27. The molecule has 0 spiro atoms. The van der Waals surface area contributed by atoms with Crippen LogP contribution in [0.4, 0.5) is 5.69 Å². The molecule has 0 saturated carbocycles. The first-order chi connectivity index (χ1) is 10.1. The molecule has 1 amide bonds. The number of carbonyl (C=O) groups excluding carboxylic acids is 1. The Balaban J connectivity index is 2.18. The van der Waals surface area contributed by atoms with Gasteiger partial charge in [-0.15, -0.1) is 11.3 Å². The van der Waals surface area contributed by atoms with Gasteiger partial charge in [0.25, 0.3) is 5.91 Å². The van der Waals surface area contributed by atoms with Crippen LogP contribution in [0.2, 0.25) is 0 Å². The van der Waals surface area contributed by atoms with Gasteiger partial charge in [0.15, 0.2) is 0 Å². The minimum absolute atomic E-state index is 0.0271. The highest BCUT2D eigenvalue weighted by atomic mass is 32.1. The van der Waals surface area contributed by atoms with E-state index in [9.17, 15) is 4.79 Å². The summed E-state index contributed by atoms with van der Waals surface area (Å²) in [5.41, 5.74) is 1.53. The van der Waals surface area contributed by atoms with Crippen molar-refractivity contribution in [1.82, 2.24) is 4.90 Å². The van der Waals surface area contributed by atoms with Crippen molar-refractivity contribution in [2.75, 3.05) is 26.0 Å². The van der Waals surface area contributed by atoms with Crippen LogP contribution in [-0.2, 0) is 6.54 Å². The molecule has 0 radical (unpaired) electrons. The highest BCUT2D eigenvalue weighted by Gasteiger charge is 2.12. The maximum atomic E-state index is 12.0. The van der Waals surface area contributed by atoms with E-state index in [4.69, 9.17) is 4.74 Å². The number of carbonyl (C=O) groups is 1. The predicted octanol–water partition coefficient (Wildman–Crippen LogP) is 3.46. The van der Waals surface area contributed by atoms with Crippen molar-refractivity contribution < 1.29 is 9.53 Å². The molecule has 0 aliphatic heterocycles. The molecule has 0 bridgehead atoms. The third-order valence-electron chi connectivity index (χ3n) is 2.97. The number of anilines is 1. The van der Waals surface area contributed by atoms with Crippen LogP contribution in [0.1, 0.15) is 22.2 Å². The summed E-state index contributed by atoms with van der Waals surface area (Å²) in [6.07, 6.45) is 0. The van der Waals surface area contributed by atoms with Crippen LogP contribution in [0, 0.1) is 0 Å². The Morgan fingerprint density at radius 1 is 1.33 bits per heavy atom. The standard InChI is InChI=1S/C16H20N2O2S/c1-4-20-15-10-12(16(19)18(2)3)7-8-14(15)17-11-13-6-5-9-21-13/h5-10,17H,4,11H2,1-3H3. The molecule has 1 aromatic heterocycles. The Kier molecular flexibility index (Phi) is 5.22. The SMILES string of the molecule is CCOc1cc(C(=O)N(C)C)ccc1NCc1cccs1. The minimum Gasteiger partial charge on any atom is -0.492 e. The second-order valence-electron chi connectivity index (χ2n) is 4.78. The van der Waals surface area contributed by atoms with E-state index >= 15 is 0 Å². The number of rotatable bonds is 6. The molecule has 1 heterocycles. The molecule has 0 aliphatic carbocycles. The number of ether oxygens (including phenoxy) is 1. The molecule has 2 aromatic rings. The first kappa shape index (κ1) is 15.4. The second-order valence-corrected chi connectivity index (χ2v) is 5.81. The van der Waals surface area contributed by atoms with Crippen LogP contribution in [0.3, 0.4) is 0 Å². The third-order valence-corrected chi connectivity index (χ3v) is 3.84. The van der Waals surface area contributed by atoms with Crippen LogP contribution < -0.4 is 10.1 Å². The van der Waals surface area contributed by atoms with Crippen LogP contribution in [0.25, 0.3) is 0 Å². The fourth-order valence-corrected chi connectivity index (χ4v) is 2.57. The predicted molar refractivity (Wildman–Crippen MR) is 87.3 cm³/mol. The molecule has 0 saturated heterocycles. The number of thiophene rings is 1. The summed E-state index contributed by atoms with van der Waals surface area (Å²) in [6.45, 7) is 3.25. The Morgan fingerprint density at radius 3 is 2.76 bits per heavy atom. The van der Waals surface area contributed by atoms with Gasteiger partial charge >= 0.3 is 0 Å². The molecule has 112 valence electrons. The Labute approximate surface area is 129 Å². The molecule has 4 nitrogen and oxygen atoms in total. The Morgan fingerprint density at radius 2 is 2.14 bits per heavy atom. The van der Waals surface area contributed by atoms with E-state index in [0.717, 1.165) is 12.2 Å². The minimum atomic E-state index is -0.0271. The van der Waals surface area contributed by atoms with E-state index in [2.05, 4.69) is 16.8 Å². The lowest BCUT2D eigenvalue weighted by Crippen LogP contribution is -2.21. The van der Waals surface area contributed by atoms with E-state index in [-0.39, 0.29) is 5.91 Å². The Hall–Kier alpha value is -2.01. The van der Waals surface area contributed by atoms with Crippen molar-refractivity contribution in [1.29, 1.82) is 0 Å². The maximum Gasteiger partial charge on any atom is 0.253 e. The third kappa shape index (κ3) is 3.98. The number of hydrogen-bond acceptors (Lipinski definition) is 4. The summed E-state index contributed by atoms with van der Waals surface area (Å²) in [6, 6.07) is 9.63. The van der Waals surface area contributed by atoms with E-state index in [1.54, 1.807) is 36.4 Å². The van der Waals surface area contributed by atoms with Crippen LogP contribution in [0.5, 0.6) is 5.75 Å². The number of nitrogens with zero attached hydrogens (tertiary/aromatic N) is 1. The molecule has 1 N–H and O–H groups in total. The fourth-order valence-electron chi connectivity index (χ4n) is 1.93. The molecule has 0 unspecified atom stereocenters. The van der Waals surface area contributed by atoms with Crippen molar-refractivity contribution in [2.24, 2.45) is 0 Å². The molecular weight excluding hydrogens is 284 g/mol. The van der Waals surface area contributed by atoms with Crippen LogP contribution in [-0.4, -0.2) is 31.5 Å². The van der Waals surface area contributed by atoms with Gasteiger partial charge in [0.1, 0.15) is 5.75 Å². The molecule has 21 heavy (non-hydrogen) atoms. The number of hydrogen-bond donors (Lipinski definition) is 1. The lowest BCUT2D eigenvalue weighted by Gasteiger charge is -2.15. The fraction of sp³-hybridized carbons (Fsp3) is 0.312. The van der Waals surface area contributed by atoms with E-state index in [1.165, 1.54) is 4.88 Å². The van der Waals surface area contributed by atoms with Gasteiger partial charge in [-0.05, 0) is 36.6 Å². The monoisotopic (exact) mass is 304 g/mol. The largest absolute Gasteiger partial charge is 0.492 e. The Bertz CT molecular complexity index is 594. The van der Waals surface area contributed by atoms with Crippen LogP contribution >= 0.6 is 11.3 Å². The van der Waals surface area contributed by atoms with Gasteiger partial charge in [-0.1, -0.05) is 6.07 Å². The maximum absolute atomic E-state index is 12.0. The van der Waals surface area contributed by atoms with Crippen LogP contribution in [0.15, 0.2) is 35.7 Å². The summed E-state index contributed by atoms with van der Waals surface area (Å²) in [4.78, 5) is 14.8. The molecular formula is C16H20N2O2S. The zero-order chi connectivity index (χ0) is 15.2.